The van der Waals surface area contributed by atoms with Crippen molar-refractivity contribution in [1.29, 1.82) is 0 Å². The van der Waals surface area contributed by atoms with Crippen LogP contribution in [-0.2, 0) is 14.1 Å². The predicted molar refractivity (Wildman–Crippen MR) is 119 cm³/mol. The lowest BCUT2D eigenvalue weighted by atomic mass is 10.1. The molecule has 2 aromatic carbocycles. The van der Waals surface area contributed by atoms with E-state index in [4.69, 9.17) is 4.74 Å². The maximum Gasteiger partial charge on any atom is 0.316 e. The fraction of sp³-hybridized carbons (Fsp3) is 0.318. The highest BCUT2D eigenvalue weighted by atomic mass is 16.5. The number of fused-ring (bicyclic) bond motifs is 1. The number of methoxy groups -OCH3 is 1. The van der Waals surface area contributed by atoms with E-state index >= 15 is 0 Å². The van der Waals surface area contributed by atoms with Crippen molar-refractivity contribution in [3.05, 3.63) is 62.7 Å². The van der Waals surface area contributed by atoms with E-state index in [0.717, 1.165) is 5.69 Å². The van der Waals surface area contributed by atoms with E-state index in [9.17, 15) is 14.4 Å². The molecule has 0 saturated heterocycles. The maximum atomic E-state index is 13.0. The van der Waals surface area contributed by atoms with Gasteiger partial charge in [-0.1, -0.05) is 12.1 Å². The molecule has 0 radical (unpaired) electrons. The normalized spacial score (nSPS) is 10.8. The number of ether oxygens (including phenoxy) is 1. The smallest absolute Gasteiger partial charge is 0.316 e. The van der Waals surface area contributed by atoms with Gasteiger partial charge >= 0.3 is 11.1 Å². The van der Waals surface area contributed by atoms with Gasteiger partial charge in [-0.2, -0.15) is 0 Å². The van der Waals surface area contributed by atoms with Crippen molar-refractivity contribution in [3.63, 3.8) is 0 Å². The summed E-state index contributed by atoms with van der Waals surface area (Å²) in [4.78, 5) is 39.7. The highest BCUT2D eigenvalue weighted by Crippen LogP contribution is 2.31. The molecular weight excluding hydrogens is 384 g/mol. The topological polar surface area (TPSA) is 85.6 Å². The highest BCUT2D eigenvalue weighted by Gasteiger charge is 2.19. The standard InChI is InChI=1S/C22H26N4O4/c1-6-26(7-2)16-13-18-17(24(3)21(28)22(29)25(18)4)12-15(16)23-20(27)14-10-8-9-11-19(14)30-5/h8-13H,6-7H2,1-5H3,(H,23,27). The number of anilines is 2. The first-order chi connectivity index (χ1) is 14.3. The van der Waals surface area contributed by atoms with Crippen molar-refractivity contribution in [1.82, 2.24) is 9.13 Å². The van der Waals surface area contributed by atoms with Gasteiger partial charge in [-0.05, 0) is 38.1 Å². The van der Waals surface area contributed by atoms with Crippen LogP contribution in [0.4, 0.5) is 11.4 Å². The number of para-hydroxylation sites is 1. The Labute approximate surface area is 174 Å². The summed E-state index contributed by atoms with van der Waals surface area (Å²) in [6, 6.07) is 10.5. The molecule has 1 N–H and O–H groups in total. The Morgan fingerprint density at radius 2 is 1.57 bits per heavy atom. The van der Waals surface area contributed by atoms with Gasteiger partial charge < -0.3 is 24.1 Å². The minimum absolute atomic E-state index is 0.324. The van der Waals surface area contributed by atoms with Gasteiger partial charge in [0.1, 0.15) is 5.75 Å². The minimum atomic E-state index is -0.623. The second-order valence-corrected chi connectivity index (χ2v) is 6.91. The van der Waals surface area contributed by atoms with Crippen LogP contribution in [0.25, 0.3) is 11.0 Å². The SMILES string of the molecule is CCN(CC)c1cc2c(cc1NC(=O)c1ccccc1OC)n(C)c(=O)c(=O)n2C. The molecule has 0 atom stereocenters. The monoisotopic (exact) mass is 410 g/mol. The van der Waals surface area contributed by atoms with E-state index in [1.165, 1.54) is 16.2 Å². The molecule has 158 valence electrons. The van der Waals surface area contributed by atoms with Gasteiger partial charge in [-0.25, -0.2) is 0 Å². The molecule has 0 spiro atoms. The molecule has 1 heterocycles. The first-order valence-electron chi connectivity index (χ1n) is 9.77. The van der Waals surface area contributed by atoms with Crippen LogP contribution in [0.15, 0.2) is 46.0 Å². The van der Waals surface area contributed by atoms with Crippen LogP contribution >= 0.6 is 0 Å². The van der Waals surface area contributed by atoms with Crippen molar-refractivity contribution >= 4 is 28.3 Å². The fourth-order valence-electron chi connectivity index (χ4n) is 3.56. The number of carbonyl (C=O) groups excluding carboxylic acids is 1. The van der Waals surface area contributed by atoms with E-state index < -0.39 is 11.1 Å². The predicted octanol–water partition coefficient (Wildman–Crippen LogP) is 2.34. The van der Waals surface area contributed by atoms with E-state index in [0.29, 0.717) is 41.1 Å². The summed E-state index contributed by atoms with van der Waals surface area (Å²) in [5.74, 6) is 0.144. The summed E-state index contributed by atoms with van der Waals surface area (Å²) in [6.07, 6.45) is 0. The number of hydrogen-bond acceptors (Lipinski definition) is 5. The van der Waals surface area contributed by atoms with E-state index in [2.05, 4.69) is 10.2 Å². The lowest BCUT2D eigenvalue weighted by Crippen LogP contribution is -2.39. The molecule has 0 bridgehead atoms. The summed E-state index contributed by atoms with van der Waals surface area (Å²) < 4.78 is 7.96. The Morgan fingerprint density at radius 1 is 1.00 bits per heavy atom. The Hall–Kier alpha value is -3.55. The van der Waals surface area contributed by atoms with Crippen molar-refractivity contribution in [3.8, 4) is 5.75 Å². The Bertz CT molecular complexity index is 1220. The Balaban J connectivity index is 2.23. The second-order valence-electron chi connectivity index (χ2n) is 6.91. The number of hydrogen-bond donors (Lipinski definition) is 1. The third kappa shape index (κ3) is 3.56. The first kappa shape index (κ1) is 21.2. The number of aromatic nitrogens is 2. The molecule has 0 aliphatic carbocycles. The lowest BCUT2D eigenvalue weighted by Gasteiger charge is -2.25. The van der Waals surface area contributed by atoms with Crippen LogP contribution < -0.4 is 26.1 Å². The quantitative estimate of drug-likeness (QED) is 0.631. The molecule has 1 aromatic heterocycles. The highest BCUT2D eigenvalue weighted by molar-refractivity contribution is 6.08. The summed E-state index contributed by atoms with van der Waals surface area (Å²) >= 11 is 0. The van der Waals surface area contributed by atoms with Gasteiger partial charge in [-0.3, -0.25) is 14.4 Å². The van der Waals surface area contributed by atoms with Crippen LogP contribution in [0.3, 0.4) is 0 Å². The molecule has 3 aromatic rings. The molecule has 1 amide bonds. The van der Waals surface area contributed by atoms with E-state index in [1.807, 2.05) is 19.9 Å². The molecule has 30 heavy (non-hydrogen) atoms. The Kier molecular flexibility index (Phi) is 5.96. The molecule has 0 saturated carbocycles. The zero-order valence-electron chi connectivity index (χ0n) is 17.9. The second kappa shape index (κ2) is 8.44. The molecule has 8 nitrogen and oxygen atoms in total. The molecular formula is C22H26N4O4. The van der Waals surface area contributed by atoms with Crippen LogP contribution in [0.2, 0.25) is 0 Å². The van der Waals surface area contributed by atoms with Crippen molar-refractivity contribution < 1.29 is 9.53 Å². The maximum absolute atomic E-state index is 13.0. The number of nitrogens with zero attached hydrogens (tertiary/aromatic N) is 3. The van der Waals surface area contributed by atoms with Gasteiger partial charge in [0.2, 0.25) is 0 Å². The zero-order chi connectivity index (χ0) is 22.0. The van der Waals surface area contributed by atoms with Gasteiger partial charge in [0.05, 0.1) is 35.1 Å². The number of aryl methyl sites for hydroxylation is 2. The number of nitrogens with one attached hydrogen (secondary N) is 1. The van der Waals surface area contributed by atoms with Crippen molar-refractivity contribution in [2.45, 2.75) is 13.8 Å². The molecule has 3 rings (SSSR count). The largest absolute Gasteiger partial charge is 0.496 e. The summed E-state index contributed by atoms with van der Waals surface area (Å²) in [6.45, 7) is 5.44. The van der Waals surface area contributed by atoms with Gasteiger partial charge in [-0.15, -0.1) is 0 Å². The van der Waals surface area contributed by atoms with E-state index in [-0.39, 0.29) is 5.91 Å². The number of carbonyl (C=O) groups is 1. The summed E-state index contributed by atoms with van der Waals surface area (Å²) in [5.41, 5.74) is 1.66. The third-order valence-electron chi connectivity index (χ3n) is 5.31. The molecule has 0 aliphatic heterocycles. The van der Waals surface area contributed by atoms with E-state index in [1.54, 1.807) is 44.4 Å². The van der Waals surface area contributed by atoms with Gasteiger partial charge in [0.25, 0.3) is 5.91 Å². The lowest BCUT2D eigenvalue weighted by molar-refractivity contribution is 0.102. The average Bonchev–Trinajstić information content (AvgIpc) is 2.77. The molecule has 0 unspecified atom stereocenters. The van der Waals surface area contributed by atoms with Crippen LogP contribution in [0, 0.1) is 0 Å². The molecule has 8 heteroatoms. The zero-order valence-corrected chi connectivity index (χ0v) is 17.9. The number of benzene rings is 2. The fourth-order valence-corrected chi connectivity index (χ4v) is 3.56. The van der Waals surface area contributed by atoms with Gasteiger partial charge in [0, 0.05) is 27.2 Å². The van der Waals surface area contributed by atoms with Crippen molar-refractivity contribution in [2.24, 2.45) is 14.1 Å². The van der Waals surface area contributed by atoms with Crippen molar-refractivity contribution in [2.75, 3.05) is 30.4 Å². The van der Waals surface area contributed by atoms with Gasteiger partial charge in [0.15, 0.2) is 0 Å². The third-order valence-corrected chi connectivity index (χ3v) is 5.31. The Morgan fingerprint density at radius 3 is 2.13 bits per heavy atom. The molecule has 0 fully saturated rings. The van der Waals surface area contributed by atoms with Crippen LogP contribution in [0.5, 0.6) is 5.75 Å². The van der Waals surface area contributed by atoms with Crippen LogP contribution in [-0.4, -0.2) is 35.2 Å². The number of rotatable bonds is 6. The number of amides is 1. The van der Waals surface area contributed by atoms with Crippen LogP contribution in [0.1, 0.15) is 24.2 Å². The summed E-state index contributed by atoms with van der Waals surface area (Å²) in [5, 5.41) is 2.96. The average molecular weight is 410 g/mol. The molecule has 0 aliphatic rings. The first-order valence-corrected chi connectivity index (χ1v) is 9.77. The summed E-state index contributed by atoms with van der Waals surface area (Å²) in [7, 11) is 4.64. The minimum Gasteiger partial charge on any atom is -0.496 e.